The third-order valence-corrected chi connectivity index (χ3v) is 5.14. The molecule has 3 rings (SSSR count). The first-order valence-electron chi connectivity index (χ1n) is 5.04. The number of aromatic nitrogens is 1. The van der Waals surface area contributed by atoms with Gasteiger partial charge >= 0.3 is 0 Å². The largest absolute Gasteiger partial charge is 0.245 e. The summed E-state index contributed by atoms with van der Waals surface area (Å²) < 4.78 is 14.4. The molecule has 17 heavy (non-hydrogen) atoms. The van der Waals surface area contributed by atoms with E-state index in [9.17, 15) is 4.39 Å². The number of pyridine rings is 1. The van der Waals surface area contributed by atoms with Crippen molar-refractivity contribution < 1.29 is 4.39 Å². The zero-order chi connectivity index (χ0) is 11.8. The molecule has 0 bridgehead atoms. The molecule has 0 radical (unpaired) electrons. The van der Waals surface area contributed by atoms with Gasteiger partial charge in [0.05, 0.1) is 4.88 Å². The summed E-state index contributed by atoms with van der Waals surface area (Å²) in [5.74, 6) is -0.205. The molecule has 0 saturated carbocycles. The second-order valence-corrected chi connectivity index (χ2v) is 5.69. The van der Waals surface area contributed by atoms with Crippen LogP contribution in [0.3, 0.4) is 0 Å². The average Bonchev–Trinajstić information content (AvgIpc) is 2.68. The van der Waals surface area contributed by atoms with E-state index >= 15 is 0 Å². The Balaban J connectivity index is 2.27. The van der Waals surface area contributed by atoms with E-state index in [4.69, 9.17) is 0 Å². The Morgan fingerprint density at radius 2 is 2.06 bits per heavy atom. The van der Waals surface area contributed by atoms with Crippen LogP contribution in [0.4, 0.5) is 4.39 Å². The molecule has 2 heterocycles. The van der Waals surface area contributed by atoms with Crippen LogP contribution in [0.5, 0.6) is 0 Å². The lowest BCUT2D eigenvalue weighted by Crippen LogP contribution is -1.78. The lowest BCUT2D eigenvalue weighted by atomic mass is 10.2. The summed E-state index contributed by atoms with van der Waals surface area (Å²) >= 11 is 3.90. The maximum absolute atomic E-state index is 13.2. The molecule has 3 aromatic rings. The molecule has 84 valence electrons. The van der Waals surface area contributed by atoms with Crippen LogP contribution in [-0.4, -0.2) is 4.98 Å². The van der Waals surface area contributed by atoms with Gasteiger partial charge in [0, 0.05) is 15.2 Å². The van der Waals surface area contributed by atoms with Crippen molar-refractivity contribution in [1.29, 1.82) is 0 Å². The van der Waals surface area contributed by atoms with E-state index in [1.807, 2.05) is 18.2 Å². The molecule has 0 aliphatic carbocycles. The number of halogens is 2. The fourth-order valence-corrected chi connectivity index (χ4v) is 4.01. The summed E-state index contributed by atoms with van der Waals surface area (Å²) in [5, 5.41) is 1.14. The number of nitrogens with zero attached hydrogens (tertiary/aromatic N) is 1. The fraction of sp³-hybridized carbons (Fsp3) is 0. The van der Waals surface area contributed by atoms with Gasteiger partial charge < -0.3 is 0 Å². The molecule has 1 aromatic carbocycles. The molecule has 4 heteroatoms. The number of rotatable bonds is 1. The highest BCUT2D eigenvalue weighted by Crippen LogP contribution is 2.38. The maximum Gasteiger partial charge on any atom is 0.124 e. The number of thiophene rings is 1. The number of benzene rings is 1. The number of fused-ring (bicyclic) bond motifs is 1. The van der Waals surface area contributed by atoms with Crippen molar-refractivity contribution in [3.63, 3.8) is 0 Å². The number of hydrogen-bond acceptors (Lipinski definition) is 2. The molecule has 0 unspecified atom stereocenters. The van der Waals surface area contributed by atoms with E-state index in [-0.39, 0.29) is 5.82 Å². The third-order valence-electron chi connectivity index (χ3n) is 2.49. The second kappa shape index (κ2) is 4.34. The molecule has 0 spiro atoms. The topological polar surface area (TPSA) is 12.9 Å². The van der Waals surface area contributed by atoms with Gasteiger partial charge in [-0.1, -0.05) is 12.1 Å². The third kappa shape index (κ3) is 1.95. The van der Waals surface area contributed by atoms with Crippen LogP contribution in [0.15, 0.2) is 42.6 Å². The van der Waals surface area contributed by atoms with Crippen LogP contribution >= 0.6 is 33.9 Å². The highest BCUT2D eigenvalue weighted by Gasteiger charge is 2.12. The molecular formula is C13H7FINS. The zero-order valence-electron chi connectivity index (χ0n) is 8.65. The Morgan fingerprint density at radius 3 is 2.82 bits per heavy atom. The van der Waals surface area contributed by atoms with Gasteiger partial charge in [-0.2, -0.15) is 0 Å². The van der Waals surface area contributed by atoms with E-state index in [0.29, 0.717) is 0 Å². The van der Waals surface area contributed by atoms with Gasteiger partial charge in [0.2, 0.25) is 0 Å². The Labute approximate surface area is 115 Å². The predicted octanol–water partition coefficient (Wildman–Crippen LogP) is 4.71. The van der Waals surface area contributed by atoms with Gasteiger partial charge in [-0.25, -0.2) is 9.37 Å². The van der Waals surface area contributed by atoms with Crippen molar-refractivity contribution in [3.05, 3.63) is 52.0 Å². The van der Waals surface area contributed by atoms with Crippen molar-refractivity contribution in [2.75, 3.05) is 0 Å². The van der Waals surface area contributed by atoms with Gasteiger partial charge in [-0.15, -0.1) is 11.3 Å². The maximum atomic E-state index is 13.2. The van der Waals surface area contributed by atoms with Crippen molar-refractivity contribution >= 4 is 44.1 Å². The summed E-state index contributed by atoms with van der Waals surface area (Å²) in [6.07, 6.45) is 1.78. The van der Waals surface area contributed by atoms with Crippen LogP contribution < -0.4 is 0 Å². The first kappa shape index (κ1) is 11.1. The van der Waals surface area contributed by atoms with Crippen LogP contribution in [0, 0.1) is 9.39 Å². The lowest BCUT2D eigenvalue weighted by molar-refractivity contribution is 0.628. The van der Waals surface area contributed by atoms with E-state index in [0.717, 1.165) is 24.2 Å². The van der Waals surface area contributed by atoms with Gasteiger partial charge in [0.15, 0.2) is 0 Å². The van der Waals surface area contributed by atoms with Crippen LogP contribution in [0.2, 0.25) is 0 Å². The van der Waals surface area contributed by atoms with Crippen molar-refractivity contribution in [2.45, 2.75) is 0 Å². The summed E-state index contributed by atoms with van der Waals surface area (Å²) in [5.41, 5.74) is 0.914. The Kier molecular flexibility index (Phi) is 2.84. The fourth-order valence-electron chi connectivity index (χ4n) is 1.72. The zero-order valence-corrected chi connectivity index (χ0v) is 11.6. The van der Waals surface area contributed by atoms with Crippen molar-refractivity contribution in [1.82, 2.24) is 4.98 Å². The summed E-state index contributed by atoms with van der Waals surface area (Å²) in [4.78, 5) is 6.41. The minimum atomic E-state index is -0.205. The highest BCUT2D eigenvalue weighted by molar-refractivity contribution is 14.1. The summed E-state index contributed by atoms with van der Waals surface area (Å²) in [7, 11) is 0. The van der Waals surface area contributed by atoms with E-state index in [1.54, 1.807) is 29.7 Å². The normalized spacial score (nSPS) is 10.9. The Hall–Kier alpha value is -1.01. The molecule has 0 atom stereocenters. The standard InChI is InChI=1S/C13H7FINS/c14-9-4-1-3-8(7-9)12-11(15)10-5-2-6-16-13(10)17-12/h1-7H. The SMILES string of the molecule is Fc1cccc(-c2sc3ncccc3c2I)c1. The molecule has 0 aliphatic heterocycles. The summed E-state index contributed by atoms with van der Waals surface area (Å²) in [6.45, 7) is 0. The monoisotopic (exact) mass is 355 g/mol. The molecular weight excluding hydrogens is 348 g/mol. The molecule has 0 fully saturated rings. The Morgan fingerprint density at radius 1 is 1.18 bits per heavy atom. The second-order valence-electron chi connectivity index (χ2n) is 3.61. The van der Waals surface area contributed by atoms with Gasteiger partial charge in [0.25, 0.3) is 0 Å². The average molecular weight is 355 g/mol. The smallest absolute Gasteiger partial charge is 0.124 e. The predicted molar refractivity (Wildman–Crippen MR) is 77.7 cm³/mol. The Bertz CT molecular complexity index is 693. The lowest BCUT2D eigenvalue weighted by Gasteiger charge is -1.98. The van der Waals surface area contributed by atoms with E-state index < -0.39 is 0 Å². The first-order valence-corrected chi connectivity index (χ1v) is 6.94. The van der Waals surface area contributed by atoms with E-state index in [2.05, 4.69) is 27.6 Å². The van der Waals surface area contributed by atoms with Gasteiger partial charge in [-0.3, -0.25) is 0 Å². The minimum absolute atomic E-state index is 0.205. The molecule has 0 saturated heterocycles. The van der Waals surface area contributed by atoms with Crippen molar-refractivity contribution in [3.8, 4) is 10.4 Å². The number of hydrogen-bond donors (Lipinski definition) is 0. The molecule has 2 aromatic heterocycles. The highest BCUT2D eigenvalue weighted by atomic mass is 127. The first-order chi connectivity index (χ1) is 8.25. The molecule has 0 amide bonds. The molecule has 1 nitrogen and oxygen atoms in total. The molecule has 0 N–H and O–H groups in total. The van der Waals surface area contributed by atoms with Crippen molar-refractivity contribution in [2.24, 2.45) is 0 Å². The van der Waals surface area contributed by atoms with Gasteiger partial charge in [-0.05, 0) is 52.4 Å². The van der Waals surface area contributed by atoms with Crippen LogP contribution in [-0.2, 0) is 0 Å². The van der Waals surface area contributed by atoms with Crippen LogP contribution in [0.1, 0.15) is 0 Å². The van der Waals surface area contributed by atoms with E-state index in [1.165, 1.54) is 6.07 Å². The summed E-state index contributed by atoms with van der Waals surface area (Å²) in [6, 6.07) is 10.7. The quantitative estimate of drug-likeness (QED) is 0.577. The molecule has 0 aliphatic rings. The van der Waals surface area contributed by atoms with Gasteiger partial charge in [0.1, 0.15) is 10.6 Å². The minimum Gasteiger partial charge on any atom is -0.245 e. The van der Waals surface area contributed by atoms with Crippen LogP contribution in [0.25, 0.3) is 20.7 Å².